The molecule has 0 radical (unpaired) electrons. The van der Waals surface area contributed by atoms with Gasteiger partial charge in [-0.25, -0.2) is 0 Å². The van der Waals surface area contributed by atoms with Crippen LogP contribution in [0.4, 0.5) is 0 Å². The van der Waals surface area contributed by atoms with Crippen LogP contribution in [-0.2, 0) is 11.2 Å². The number of hydrogen-bond donors (Lipinski definition) is 1. The molecule has 0 aliphatic rings. The molecule has 0 aliphatic heterocycles. The Hall–Kier alpha value is -1.32. The monoisotopic (exact) mass is 351 g/mol. The second-order valence-electron chi connectivity index (χ2n) is 4.61. The molecule has 1 atom stereocenters. The van der Waals surface area contributed by atoms with Gasteiger partial charge in [0.2, 0.25) is 5.91 Å². The van der Waals surface area contributed by atoms with Gasteiger partial charge in [0.25, 0.3) is 0 Å². The molecule has 1 N–H and O–H groups in total. The maximum absolute atomic E-state index is 12.0. The fourth-order valence-corrected chi connectivity index (χ4v) is 2.41. The van der Waals surface area contributed by atoms with Crippen molar-refractivity contribution >= 4 is 33.4 Å². The minimum Gasteiger partial charge on any atom is -0.349 e. The van der Waals surface area contributed by atoms with Crippen LogP contribution in [0.3, 0.4) is 0 Å². The molecule has 0 bridgehead atoms. The molecule has 2 nitrogen and oxygen atoms in total. The van der Waals surface area contributed by atoms with Crippen LogP contribution >= 0.6 is 27.5 Å². The molecule has 2 aromatic rings. The maximum Gasteiger partial charge on any atom is 0.224 e. The van der Waals surface area contributed by atoms with Gasteiger partial charge < -0.3 is 5.32 Å². The highest BCUT2D eigenvalue weighted by atomic mass is 79.9. The predicted octanol–water partition coefficient (Wildman–Crippen LogP) is 4.52. The van der Waals surface area contributed by atoms with Crippen LogP contribution in [0.5, 0.6) is 0 Å². The molecule has 2 rings (SSSR count). The average molecular weight is 353 g/mol. The number of carbonyl (C=O) groups excluding carboxylic acids is 1. The topological polar surface area (TPSA) is 29.1 Å². The fourth-order valence-electron chi connectivity index (χ4n) is 1.94. The Labute approximate surface area is 132 Å². The van der Waals surface area contributed by atoms with Crippen molar-refractivity contribution in [3.05, 3.63) is 69.2 Å². The smallest absolute Gasteiger partial charge is 0.224 e. The Bertz CT molecular complexity index is 598. The highest BCUT2D eigenvalue weighted by Gasteiger charge is 2.11. The van der Waals surface area contributed by atoms with Gasteiger partial charge in [-0.05, 0) is 36.2 Å². The van der Waals surface area contributed by atoms with E-state index in [2.05, 4.69) is 21.2 Å². The van der Waals surface area contributed by atoms with Crippen molar-refractivity contribution < 1.29 is 4.79 Å². The molecule has 20 heavy (non-hydrogen) atoms. The lowest BCUT2D eigenvalue weighted by Crippen LogP contribution is -2.28. The third-order valence-electron chi connectivity index (χ3n) is 3.06. The molecule has 0 fully saturated rings. The minimum absolute atomic E-state index is 0.0295. The molecule has 2 aromatic carbocycles. The van der Waals surface area contributed by atoms with Crippen LogP contribution in [0.15, 0.2) is 53.0 Å². The molecular weight excluding hydrogens is 338 g/mol. The number of nitrogens with one attached hydrogen (secondary N) is 1. The quantitative estimate of drug-likeness (QED) is 0.861. The Morgan fingerprint density at radius 3 is 2.50 bits per heavy atom. The molecule has 0 aromatic heterocycles. The van der Waals surface area contributed by atoms with Crippen molar-refractivity contribution in [1.82, 2.24) is 5.32 Å². The molecule has 0 unspecified atom stereocenters. The number of benzene rings is 2. The molecule has 0 spiro atoms. The second kappa shape index (κ2) is 6.91. The molecule has 0 saturated carbocycles. The van der Waals surface area contributed by atoms with E-state index in [0.717, 1.165) is 15.6 Å². The Kier molecular flexibility index (Phi) is 5.21. The summed E-state index contributed by atoms with van der Waals surface area (Å²) < 4.78 is 1.02. The second-order valence-corrected chi connectivity index (χ2v) is 5.93. The maximum atomic E-state index is 12.0. The Morgan fingerprint density at radius 1 is 1.20 bits per heavy atom. The van der Waals surface area contributed by atoms with E-state index in [4.69, 9.17) is 11.6 Å². The van der Waals surface area contributed by atoms with Crippen LogP contribution in [0.25, 0.3) is 0 Å². The van der Waals surface area contributed by atoms with Crippen molar-refractivity contribution in [3.63, 3.8) is 0 Å². The minimum atomic E-state index is -0.0338. The Balaban J connectivity index is 1.98. The van der Waals surface area contributed by atoms with Crippen LogP contribution in [0.2, 0.25) is 5.02 Å². The van der Waals surface area contributed by atoms with E-state index in [1.165, 1.54) is 0 Å². The zero-order valence-corrected chi connectivity index (χ0v) is 13.4. The van der Waals surface area contributed by atoms with Gasteiger partial charge in [0, 0.05) is 9.50 Å². The van der Waals surface area contributed by atoms with E-state index >= 15 is 0 Å². The summed E-state index contributed by atoms with van der Waals surface area (Å²) in [5.74, 6) is -0.0338. The fraction of sp³-hybridized carbons (Fsp3) is 0.188. The molecule has 0 heterocycles. The highest BCUT2D eigenvalue weighted by molar-refractivity contribution is 9.10. The predicted molar refractivity (Wildman–Crippen MR) is 85.9 cm³/mol. The molecule has 1 amide bonds. The number of hydrogen-bond acceptors (Lipinski definition) is 1. The van der Waals surface area contributed by atoms with Crippen LogP contribution < -0.4 is 5.32 Å². The van der Waals surface area contributed by atoms with Crippen molar-refractivity contribution in [1.29, 1.82) is 0 Å². The summed E-state index contributed by atoms with van der Waals surface area (Å²) >= 11 is 9.45. The van der Waals surface area contributed by atoms with Crippen molar-refractivity contribution in [3.8, 4) is 0 Å². The van der Waals surface area contributed by atoms with Gasteiger partial charge in [-0.2, -0.15) is 0 Å². The lowest BCUT2D eigenvalue weighted by molar-refractivity contribution is -0.121. The molecular formula is C16H15BrClNO. The van der Waals surface area contributed by atoms with Crippen LogP contribution in [0.1, 0.15) is 24.1 Å². The molecule has 104 valence electrons. The van der Waals surface area contributed by atoms with E-state index in [0.29, 0.717) is 11.4 Å². The summed E-state index contributed by atoms with van der Waals surface area (Å²) in [4.78, 5) is 12.0. The van der Waals surface area contributed by atoms with Crippen molar-refractivity contribution in [2.75, 3.05) is 0 Å². The van der Waals surface area contributed by atoms with E-state index in [1.807, 2.05) is 49.4 Å². The van der Waals surface area contributed by atoms with Crippen molar-refractivity contribution in [2.24, 2.45) is 0 Å². The molecule has 4 heteroatoms. The summed E-state index contributed by atoms with van der Waals surface area (Å²) in [5, 5.41) is 3.60. The summed E-state index contributed by atoms with van der Waals surface area (Å²) in [6, 6.07) is 15.3. The summed E-state index contributed by atoms with van der Waals surface area (Å²) in [5.41, 5.74) is 1.91. The number of halogens is 2. The normalized spacial score (nSPS) is 11.9. The first-order valence-electron chi connectivity index (χ1n) is 6.34. The number of amides is 1. The largest absolute Gasteiger partial charge is 0.349 e. The van der Waals surface area contributed by atoms with Gasteiger partial charge in [-0.15, -0.1) is 0 Å². The number of rotatable bonds is 4. The molecule has 0 saturated heterocycles. The third kappa shape index (κ3) is 4.09. The van der Waals surface area contributed by atoms with Gasteiger partial charge in [-0.1, -0.05) is 57.9 Å². The third-order valence-corrected chi connectivity index (χ3v) is 3.95. The number of carbonyl (C=O) groups is 1. The lowest BCUT2D eigenvalue weighted by atomic mass is 10.1. The average Bonchev–Trinajstić information content (AvgIpc) is 2.42. The lowest BCUT2D eigenvalue weighted by Gasteiger charge is -2.14. The van der Waals surface area contributed by atoms with E-state index < -0.39 is 0 Å². The zero-order chi connectivity index (χ0) is 14.5. The van der Waals surface area contributed by atoms with Gasteiger partial charge >= 0.3 is 0 Å². The first kappa shape index (κ1) is 15.1. The SMILES string of the molecule is C[C@@H](NC(=O)Cc1ccccc1Cl)c1ccc(Br)cc1. The summed E-state index contributed by atoms with van der Waals surface area (Å²) in [6.45, 7) is 1.97. The van der Waals surface area contributed by atoms with E-state index in [1.54, 1.807) is 6.07 Å². The van der Waals surface area contributed by atoms with Crippen LogP contribution in [-0.4, -0.2) is 5.91 Å². The van der Waals surface area contributed by atoms with Gasteiger partial charge in [0.05, 0.1) is 12.5 Å². The molecule has 0 aliphatic carbocycles. The van der Waals surface area contributed by atoms with Crippen LogP contribution in [0, 0.1) is 0 Å². The standard InChI is InChI=1S/C16H15BrClNO/c1-11(12-6-8-14(17)9-7-12)19-16(20)10-13-4-2-3-5-15(13)18/h2-9,11H,10H2,1H3,(H,19,20)/t11-/m1/s1. The highest BCUT2D eigenvalue weighted by Crippen LogP contribution is 2.18. The van der Waals surface area contributed by atoms with Gasteiger partial charge in [0.15, 0.2) is 0 Å². The summed E-state index contributed by atoms with van der Waals surface area (Å²) in [7, 11) is 0. The summed E-state index contributed by atoms with van der Waals surface area (Å²) in [6.07, 6.45) is 0.292. The van der Waals surface area contributed by atoms with Gasteiger partial charge in [0.1, 0.15) is 0 Å². The van der Waals surface area contributed by atoms with E-state index in [-0.39, 0.29) is 11.9 Å². The van der Waals surface area contributed by atoms with Crippen molar-refractivity contribution in [2.45, 2.75) is 19.4 Å². The van der Waals surface area contributed by atoms with E-state index in [9.17, 15) is 4.79 Å². The Morgan fingerprint density at radius 2 is 1.85 bits per heavy atom. The zero-order valence-electron chi connectivity index (χ0n) is 11.1. The van der Waals surface area contributed by atoms with Gasteiger partial charge in [-0.3, -0.25) is 4.79 Å². The first-order valence-corrected chi connectivity index (χ1v) is 7.51. The first-order chi connectivity index (χ1) is 9.56.